The largest absolute Gasteiger partial charge is 0.496 e. The Hall–Kier alpha value is -0.670. The maximum absolute atomic E-state index is 6.03. The fourth-order valence-electron chi connectivity index (χ4n) is 1.81. The van der Waals surface area contributed by atoms with Gasteiger partial charge in [0, 0.05) is 16.5 Å². The number of nitrogens with two attached hydrogens (primary N) is 1. The second kappa shape index (κ2) is 7.62. The molecule has 0 aliphatic heterocycles. The molecule has 96 valence electrons. The summed E-state index contributed by atoms with van der Waals surface area (Å²) in [6.45, 7) is 4.23. The number of benzene rings is 1. The molecule has 0 radical (unpaired) electrons. The van der Waals surface area contributed by atoms with Crippen LogP contribution in [0.25, 0.3) is 0 Å². The van der Waals surface area contributed by atoms with Crippen LogP contribution in [0.5, 0.6) is 5.75 Å². The molecule has 0 saturated heterocycles. The molecule has 0 amide bonds. The first-order valence-corrected chi connectivity index (χ1v) is 7.24. The molecule has 17 heavy (non-hydrogen) atoms. The first-order chi connectivity index (χ1) is 8.20. The molecule has 1 unspecified atom stereocenters. The molecule has 1 aromatic carbocycles. The van der Waals surface area contributed by atoms with Gasteiger partial charge in [0.2, 0.25) is 0 Å². The monoisotopic (exact) mass is 253 g/mol. The molecule has 0 saturated carbocycles. The SMILES string of the molecule is CCCCCSc1cccc(OC)c1C(C)N. The van der Waals surface area contributed by atoms with E-state index in [4.69, 9.17) is 10.5 Å². The number of rotatable bonds is 7. The lowest BCUT2D eigenvalue weighted by atomic mass is 10.1. The zero-order valence-corrected chi connectivity index (χ0v) is 11.8. The van der Waals surface area contributed by atoms with Crippen LogP contribution in [-0.4, -0.2) is 12.9 Å². The summed E-state index contributed by atoms with van der Waals surface area (Å²) in [5, 5.41) is 0. The predicted molar refractivity (Wildman–Crippen MR) is 75.8 cm³/mol. The van der Waals surface area contributed by atoms with E-state index in [0.717, 1.165) is 17.1 Å². The molecule has 1 rings (SSSR count). The van der Waals surface area contributed by atoms with E-state index in [1.807, 2.05) is 30.8 Å². The lowest BCUT2D eigenvalue weighted by molar-refractivity contribution is 0.405. The highest BCUT2D eigenvalue weighted by atomic mass is 32.2. The minimum atomic E-state index is 0.0137. The summed E-state index contributed by atoms with van der Waals surface area (Å²) in [6.07, 6.45) is 3.82. The summed E-state index contributed by atoms with van der Waals surface area (Å²) in [7, 11) is 1.70. The van der Waals surface area contributed by atoms with Crippen molar-refractivity contribution in [3.63, 3.8) is 0 Å². The van der Waals surface area contributed by atoms with Crippen molar-refractivity contribution in [3.05, 3.63) is 23.8 Å². The van der Waals surface area contributed by atoms with Crippen LogP contribution < -0.4 is 10.5 Å². The second-order valence-corrected chi connectivity index (χ2v) is 5.35. The maximum atomic E-state index is 6.03. The molecule has 0 aliphatic rings. The van der Waals surface area contributed by atoms with E-state index in [2.05, 4.69) is 13.0 Å². The van der Waals surface area contributed by atoms with Crippen LogP contribution in [0.15, 0.2) is 23.1 Å². The molecule has 2 nitrogen and oxygen atoms in total. The van der Waals surface area contributed by atoms with Gasteiger partial charge in [-0.25, -0.2) is 0 Å². The molecule has 3 heteroatoms. The van der Waals surface area contributed by atoms with Gasteiger partial charge in [0.15, 0.2) is 0 Å². The van der Waals surface area contributed by atoms with Gasteiger partial charge in [-0.3, -0.25) is 0 Å². The predicted octanol–water partition coefficient (Wildman–Crippen LogP) is 4.00. The topological polar surface area (TPSA) is 35.2 Å². The molecule has 0 spiro atoms. The lowest BCUT2D eigenvalue weighted by Crippen LogP contribution is -2.08. The number of ether oxygens (including phenoxy) is 1. The summed E-state index contributed by atoms with van der Waals surface area (Å²) >= 11 is 1.88. The van der Waals surface area contributed by atoms with Crippen LogP contribution in [0.2, 0.25) is 0 Å². The third kappa shape index (κ3) is 4.25. The Morgan fingerprint density at radius 2 is 2.12 bits per heavy atom. The van der Waals surface area contributed by atoms with E-state index in [0.29, 0.717) is 0 Å². The van der Waals surface area contributed by atoms with Crippen molar-refractivity contribution in [1.82, 2.24) is 0 Å². The Labute approximate surface area is 109 Å². The standard InChI is InChI=1S/C14H23NOS/c1-4-5-6-10-17-13-9-7-8-12(16-3)14(13)11(2)15/h7-9,11H,4-6,10,15H2,1-3H3. The zero-order chi connectivity index (χ0) is 12.7. The Morgan fingerprint density at radius 1 is 1.35 bits per heavy atom. The van der Waals surface area contributed by atoms with Crippen molar-refractivity contribution in [3.8, 4) is 5.75 Å². The van der Waals surface area contributed by atoms with E-state index in [9.17, 15) is 0 Å². The van der Waals surface area contributed by atoms with Crippen LogP contribution in [0.4, 0.5) is 0 Å². The molecule has 0 aliphatic carbocycles. The van der Waals surface area contributed by atoms with Crippen molar-refractivity contribution in [2.45, 2.75) is 44.0 Å². The highest BCUT2D eigenvalue weighted by molar-refractivity contribution is 7.99. The highest BCUT2D eigenvalue weighted by Gasteiger charge is 2.12. The van der Waals surface area contributed by atoms with Crippen LogP contribution in [0.3, 0.4) is 0 Å². The van der Waals surface area contributed by atoms with E-state index in [1.54, 1.807) is 7.11 Å². The first kappa shape index (κ1) is 14.4. The van der Waals surface area contributed by atoms with Gasteiger partial charge in [-0.15, -0.1) is 11.8 Å². The summed E-state index contributed by atoms with van der Waals surface area (Å²) in [4.78, 5) is 1.26. The van der Waals surface area contributed by atoms with Crippen molar-refractivity contribution >= 4 is 11.8 Å². The lowest BCUT2D eigenvalue weighted by Gasteiger charge is -2.16. The second-order valence-electron chi connectivity index (χ2n) is 4.22. The minimum Gasteiger partial charge on any atom is -0.496 e. The Bertz CT molecular complexity index is 339. The van der Waals surface area contributed by atoms with Gasteiger partial charge in [-0.2, -0.15) is 0 Å². The van der Waals surface area contributed by atoms with Crippen molar-refractivity contribution in [2.75, 3.05) is 12.9 Å². The van der Waals surface area contributed by atoms with Gasteiger partial charge in [0.25, 0.3) is 0 Å². The fraction of sp³-hybridized carbons (Fsp3) is 0.571. The van der Waals surface area contributed by atoms with E-state index in [-0.39, 0.29) is 6.04 Å². The Morgan fingerprint density at radius 3 is 2.71 bits per heavy atom. The molecule has 0 fully saturated rings. The number of thioether (sulfide) groups is 1. The minimum absolute atomic E-state index is 0.0137. The van der Waals surface area contributed by atoms with Crippen molar-refractivity contribution in [2.24, 2.45) is 5.73 Å². The molecular formula is C14H23NOS. The fourth-order valence-corrected chi connectivity index (χ4v) is 3.00. The molecular weight excluding hydrogens is 230 g/mol. The van der Waals surface area contributed by atoms with E-state index in [1.165, 1.54) is 24.2 Å². The first-order valence-electron chi connectivity index (χ1n) is 6.26. The summed E-state index contributed by atoms with van der Waals surface area (Å²) in [5.74, 6) is 2.06. The normalized spacial score (nSPS) is 12.5. The summed E-state index contributed by atoms with van der Waals surface area (Å²) in [5.41, 5.74) is 7.16. The molecule has 1 atom stereocenters. The smallest absolute Gasteiger partial charge is 0.124 e. The quantitative estimate of drug-likeness (QED) is 0.589. The number of hydrogen-bond acceptors (Lipinski definition) is 3. The highest BCUT2D eigenvalue weighted by Crippen LogP contribution is 2.34. The maximum Gasteiger partial charge on any atom is 0.124 e. The zero-order valence-electron chi connectivity index (χ0n) is 11.0. The number of methoxy groups -OCH3 is 1. The van der Waals surface area contributed by atoms with Gasteiger partial charge in [0.05, 0.1) is 7.11 Å². The van der Waals surface area contributed by atoms with Gasteiger partial charge in [-0.05, 0) is 31.2 Å². The average molecular weight is 253 g/mol. The van der Waals surface area contributed by atoms with Gasteiger partial charge in [0.1, 0.15) is 5.75 Å². The Balaban J connectivity index is 2.76. The van der Waals surface area contributed by atoms with Crippen LogP contribution in [0.1, 0.15) is 44.7 Å². The number of hydrogen-bond donors (Lipinski definition) is 1. The number of unbranched alkanes of at least 4 members (excludes halogenated alkanes) is 2. The van der Waals surface area contributed by atoms with Crippen LogP contribution in [0, 0.1) is 0 Å². The molecule has 0 heterocycles. The van der Waals surface area contributed by atoms with Gasteiger partial charge in [-0.1, -0.05) is 25.8 Å². The molecule has 2 N–H and O–H groups in total. The summed E-state index contributed by atoms with van der Waals surface area (Å²) < 4.78 is 5.38. The summed E-state index contributed by atoms with van der Waals surface area (Å²) in [6, 6.07) is 6.17. The van der Waals surface area contributed by atoms with Gasteiger partial charge < -0.3 is 10.5 Å². The van der Waals surface area contributed by atoms with Crippen LogP contribution >= 0.6 is 11.8 Å². The van der Waals surface area contributed by atoms with E-state index < -0.39 is 0 Å². The third-order valence-electron chi connectivity index (χ3n) is 2.71. The average Bonchev–Trinajstić information content (AvgIpc) is 2.33. The van der Waals surface area contributed by atoms with Crippen molar-refractivity contribution < 1.29 is 4.74 Å². The molecule has 1 aromatic rings. The van der Waals surface area contributed by atoms with Crippen LogP contribution in [-0.2, 0) is 0 Å². The Kier molecular flexibility index (Phi) is 6.45. The third-order valence-corrected chi connectivity index (χ3v) is 3.87. The molecule has 0 bridgehead atoms. The van der Waals surface area contributed by atoms with Crippen molar-refractivity contribution in [1.29, 1.82) is 0 Å². The van der Waals surface area contributed by atoms with E-state index >= 15 is 0 Å². The molecule has 0 aromatic heterocycles. The van der Waals surface area contributed by atoms with Gasteiger partial charge >= 0.3 is 0 Å².